The third kappa shape index (κ3) is 7.12. The van der Waals surface area contributed by atoms with Gasteiger partial charge in [0.2, 0.25) is 10.0 Å². The fourth-order valence-corrected chi connectivity index (χ4v) is 4.26. The van der Waals surface area contributed by atoms with E-state index in [1.807, 2.05) is 4.68 Å². The van der Waals surface area contributed by atoms with Crippen molar-refractivity contribution in [2.45, 2.75) is 50.8 Å². The van der Waals surface area contributed by atoms with Gasteiger partial charge in [-0.2, -0.15) is 5.10 Å². The number of aromatic nitrogens is 3. The molecule has 1 fully saturated rings. The molecule has 2 atom stereocenters. The van der Waals surface area contributed by atoms with E-state index in [1.165, 1.54) is 0 Å². The van der Waals surface area contributed by atoms with Crippen molar-refractivity contribution in [1.82, 2.24) is 30.1 Å². The van der Waals surface area contributed by atoms with Crippen LogP contribution in [0.1, 0.15) is 31.5 Å². The molecular formula is C16H30IN7O3S. The van der Waals surface area contributed by atoms with Gasteiger partial charge in [-0.3, -0.25) is 4.99 Å². The van der Waals surface area contributed by atoms with Gasteiger partial charge in [0.25, 0.3) is 0 Å². The van der Waals surface area contributed by atoms with E-state index in [4.69, 9.17) is 4.74 Å². The molecule has 0 spiro atoms. The summed E-state index contributed by atoms with van der Waals surface area (Å²) in [5.41, 5.74) is 0. The van der Waals surface area contributed by atoms with Gasteiger partial charge in [0.1, 0.15) is 12.2 Å². The van der Waals surface area contributed by atoms with E-state index in [-0.39, 0.29) is 48.4 Å². The number of aryl methyl sites for hydroxylation is 1. The van der Waals surface area contributed by atoms with Crippen LogP contribution in [0.5, 0.6) is 0 Å². The van der Waals surface area contributed by atoms with Crippen molar-refractivity contribution < 1.29 is 13.2 Å². The summed E-state index contributed by atoms with van der Waals surface area (Å²) < 4.78 is 34.4. The number of hydrogen-bond donors (Lipinski definition) is 3. The predicted molar refractivity (Wildman–Crippen MR) is 117 cm³/mol. The molecule has 12 heteroatoms. The summed E-state index contributed by atoms with van der Waals surface area (Å²) in [5.74, 6) is 1.57. The molecular weight excluding hydrogens is 497 g/mol. The van der Waals surface area contributed by atoms with Crippen molar-refractivity contribution in [3.63, 3.8) is 0 Å². The summed E-state index contributed by atoms with van der Waals surface area (Å²) in [7, 11) is -1.68. The Morgan fingerprint density at radius 1 is 1.39 bits per heavy atom. The zero-order valence-corrected chi connectivity index (χ0v) is 19.3. The zero-order chi connectivity index (χ0) is 19.1. The molecule has 1 aromatic rings. The Balaban J connectivity index is 0.00000280. The number of guanidine groups is 1. The molecule has 28 heavy (non-hydrogen) atoms. The molecule has 0 aromatic carbocycles. The Morgan fingerprint density at radius 2 is 2.25 bits per heavy atom. The fraction of sp³-hybridized carbons (Fsp3) is 0.812. The lowest BCUT2D eigenvalue weighted by molar-refractivity contribution is 0.0200. The first-order valence-corrected chi connectivity index (χ1v) is 11.1. The maximum absolute atomic E-state index is 12.2. The van der Waals surface area contributed by atoms with Crippen molar-refractivity contribution in [2.24, 2.45) is 4.99 Å². The number of nitrogens with one attached hydrogen (secondary N) is 3. The molecule has 2 aliphatic heterocycles. The molecule has 2 aliphatic rings. The Hall–Kier alpha value is -0.990. The minimum atomic E-state index is -3.35. The summed E-state index contributed by atoms with van der Waals surface area (Å²) in [4.78, 5) is 8.39. The molecule has 0 aliphatic carbocycles. The third-order valence-corrected chi connectivity index (χ3v) is 6.19. The van der Waals surface area contributed by atoms with Gasteiger partial charge >= 0.3 is 0 Å². The van der Waals surface area contributed by atoms with E-state index in [0.29, 0.717) is 19.1 Å². The highest BCUT2D eigenvalue weighted by Gasteiger charge is 2.21. The standard InChI is InChI=1S/C16H29N7O3S.HI/c1-17-16(22-13-5-6-15-19-12-20-23(15)11-13)18-7-9-27(24,25)21-10-14-4-2-3-8-26-14;/h12-14,21H,2-11H2,1H3,(H2,17,18,22);1H. The van der Waals surface area contributed by atoms with Gasteiger partial charge in [-0.15, -0.1) is 24.0 Å². The number of aliphatic imine (C=N–C) groups is 1. The third-order valence-electron chi connectivity index (χ3n) is 4.84. The van der Waals surface area contributed by atoms with Crippen LogP contribution < -0.4 is 15.4 Å². The summed E-state index contributed by atoms with van der Waals surface area (Å²) in [6, 6.07) is 0.184. The highest BCUT2D eigenvalue weighted by Crippen LogP contribution is 2.12. The average molecular weight is 527 g/mol. The van der Waals surface area contributed by atoms with Crippen LogP contribution in [0.15, 0.2) is 11.3 Å². The van der Waals surface area contributed by atoms with Gasteiger partial charge in [-0.1, -0.05) is 0 Å². The number of rotatable bonds is 7. The monoisotopic (exact) mass is 527 g/mol. The Labute approximate surface area is 183 Å². The lowest BCUT2D eigenvalue weighted by Gasteiger charge is -2.25. The maximum atomic E-state index is 12.2. The van der Waals surface area contributed by atoms with E-state index >= 15 is 0 Å². The highest BCUT2D eigenvalue weighted by molar-refractivity contribution is 14.0. The minimum absolute atomic E-state index is 0. The number of fused-ring (bicyclic) bond motifs is 1. The van der Waals surface area contributed by atoms with Crippen molar-refractivity contribution in [3.8, 4) is 0 Å². The fourth-order valence-electron chi connectivity index (χ4n) is 3.31. The molecule has 1 aromatic heterocycles. The van der Waals surface area contributed by atoms with E-state index < -0.39 is 10.0 Å². The number of sulfonamides is 1. The smallest absolute Gasteiger partial charge is 0.213 e. The Kier molecular flexibility index (Phi) is 9.37. The number of nitrogens with zero attached hydrogens (tertiary/aromatic N) is 4. The second kappa shape index (κ2) is 11.3. The lowest BCUT2D eigenvalue weighted by Crippen LogP contribution is -2.48. The molecule has 0 amide bonds. The lowest BCUT2D eigenvalue weighted by atomic mass is 10.1. The Morgan fingerprint density at radius 3 is 3.00 bits per heavy atom. The van der Waals surface area contributed by atoms with Gasteiger partial charge < -0.3 is 15.4 Å². The summed E-state index contributed by atoms with van der Waals surface area (Å²) >= 11 is 0. The molecule has 0 saturated carbocycles. The average Bonchev–Trinajstić information content (AvgIpc) is 3.14. The van der Waals surface area contributed by atoms with Crippen LogP contribution in [0, 0.1) is 0 Å². The second-order valence-electron chi connectivity index (χ2n) is 6.89. The van der Waals surface area contributed by atoms with E-state index in [0.717, 1.165) is 44.5 Å². The maximum Gasteiger partial charge on any atom is 0.213 e. The Bertz CT molecular complexity index is 734. The van der Waals surface area contributed by atoms with E-state index in [9.17, 15) is 8.42 Å². The predicted octanol–water partition coefficient (Wildman–Crippen LogP) is -0.136. The topological polar surface area (TPSA) is 123 Å². The van der Waals surface area contributed by atoms with Crippen molar-refractivity contribution in [1.29, 1.82) is 0 Å². The molecule has 3 N–H and O–H groups in total. The number of halogens is 1. The van der Waals surface area contributed by atoms with Crippen LogP contribution in [-0.4, -0.2) is 73.8 Å². The van der Waals surface area contributed by atoms with Crippen molar-refractivity contribution in [3.05, 3.63) is 12.2 Å². The molecule has 1 saturated heterocycles. The van der Waals surface area contributed by atoms with Crippen LogP contribution >= 0.6 is 24.0 Å². The summed E-state index contributed by atoms with van der Waals surface area (Å²) in [6.45, 7) is 2.06. The van der Waals surface area contributed by atoms with Gasteiger partial charge in [0.15, 0.2) is 5.96 Å². The first-order valence-electron chi connectivity index (χ1n) is 9.48. The first kappa shape index (κ1) is 23.3. The number of hydrogen-bond acceptors (Lipinski definition) is 6. The van der Waals surface area contributed by atoms with Gasteiger partial charge in [0, 0.05) is 39.2 Å². The minimum Gasteiger partial charge on any atom is -0.377 e. The van der Waals surface area contributed by atoms with Crippen LogP contribution in [0.2, 0.25) is 0 Å². The molecule has 10 nitrogen and oxygen atoms in total. The van der Waals surface area contributed by atoms with Crippen molar-refractivity contribution in [2.75, 3.05) is 32.5 Å². The van der Waals surface area contributed by atoms with Crippen LogP contribution in [0.25, 0.3) is 0 Å². The molecule has 0 radical (unpaired) electrons. The van der Waals surface area contributed by atoms with Crippen LogP contribution in [0.4, 0.5) is 0 Å². The van der Waals surface area contributed by atoms with Crippen molar-refractivity contribution >= 4 is 40.0 Å². The molecule has 3 heterocycles. The summed E-state index contributed by atoms with van der Waals surface area (Å²) in [5, 5.41) is 10.6. The zero-order valence-electron chi connectivity index (χ0n) is 16.1. The van der Waals surface area contributed by atoms with Crippen LogP contribution in [0.3, 0.4) is 0 Å². The molecule has 3 rings (SSSR count). The van der Waals surface area contributed by atoms with Gasteiger partial charge in [-0.05, 0) is 25.7 Å². The van der Waals surface area contributed by atoms with Gasteiger partial charge in [-0.25, -0.2) is 22.8 Å². The van der Waals surface area contributed by atoms with Crippen LogP contribution in [-0.2, 0) is 27.7 Å². The van der Waals surface area contributed by atoms with E-state index in [1.54, 1.807) is 13.4 Å². The van der Waals surface area contributed by atoms with E-state index in [2.05, 4.69) is 30.4 Å². The highest BCUT2D eigenvalue weighted by atomic mass is 127. The molecule has 0 bridgehead atoms. The van der Waals surface area contributed by atoms with Gasteiger partial charge in [0.05, 0.1) is 18.4 Å². The quantitative estimate of drug-likeness (QED) is 0.257. The normalized spacial score (nSPS) is 22.8. The molecule has 160 valence electrons. The first-order chi connectivity index (χ1) is 13.1. The molecule has 2 unspecified atom stereocenters. The summed E-state index contributed by atoms with van der Waals surface area (Å²) in [6.07, 6.45) is 6.40. The second-order valence-corrected chi connectivity index (χ2v) is 8.82. The largest absolute Gasteiger partial charge is 0.377 e. The number of ether oxygens (including phenoxy) is 1. The SMILES string of the molecule is CN=C(NCCS(=O)(=O)NCC1CCCCO1)NC1CCc2ncnn2C1.I.